The zero-order chi connectivity index (χ0) is 32.4. The van der Waals surface area contributed by atoms with E-state index >= 15 is 0 Å². The van der Waals surface area contributed by atoms with Crippen LogP contribution in [-0.2, 0) is 20.7 Å². The summed E-state index contributed by atoms with van der Waals surface area (Å²) in [5.41, 5.74) is 1.18. The van der Waals surface area contributed by atoms with E-state index in [1.807, 2.05) is 32.1 Å². The number of ether oxygens (including phenoxy) is 1. The Morgan fingerprint density at radius 2 is 1.30 bits per heavy atom. The molecule has 0 saturated carbocycles. The van der Waals surface area contributed by atoms with Gasteiger partial charge in [-0.1, -0.05) is 92.8 Å². The molecule has 0 aliphatic heterocycles. The Morgan fingerprint density at radius 3 is 1.75 bits per heavy atom. The number of aromatic hydroxyl groups is 1. The first-order valence-electron chi connectivity index (χ1n) is 15.7. The number of allylic oxidation sites excluding steroid dienone is 12. The predicted octanol–water partition coefficient (Wildman–Crippen LogP) is 8.18. The molecule has 0 bridgehead atoms. The molecule has 44 heavy (non-hydrogen) atoms. The fourth-order valence-corrected chi connectivity index (χ4v) is 4.13. The molecule has 7 nitrogen and oxygen atoms in total. The number of phenols is 1. The smallest absolute Gasteiger partial charge is 0.341 e. The number of aliphatic carboxylic acids is 1. The minimum atomic E-state index is -0.985. The molecule has 1 aromatic carbocycles. The molecule has 1 unspecified atom stereocenters. The molecule has 0 fully saturated rings. The second-order valence-corrected chi connectivity index (χ2v) is 10.7. The summed E-state index contributed by atoms with van der Waals surface area (Å²) >= 11 is 0. The normalized spacial score (nSPS) is 13.0. The zero-order valence-corrected chi connectivity index (χ0v) is 26.6. The van der Waals surface area contributed by atoms with Crippen LogP contribution in [0.5, 0.6) is 5.75 Å². The van der Waals surface area contributed by atoms with Crippen molar-refractivity contribution in [1.29, 1.82) is 0 Å². The van der Waals surface area contributed by atoms with Gasteiger partial charge in [0.1, 0.15) is 17.4 Å². The summed E-state index contributed by atoms with van der Waals surface area (Å²) in [5, 5.41) is 21.8. The topological polar surface area (TPSA) is 113 Å². The second kappa shape index (κ2) is 24.3. The largest absolute Gasteiger partial charge is 0.507 e. The summed E-state index contributed by atoms with van der Waals surface area (Å²) in [5.74, 6) is -1.55. The van der Waals surface area contributed by atoms with Gasteiger partial charge in [0.05, 0.1) is 6.61 Å². The van der Waals surface area contributed by atoms with Gasteiger partial charge >= 0.3 is 11.9 Å². The maximum atomic E-state index is 12.0. The highest BCUT2D eigenvalue weighted by Gasteiger charge is 2.20. The van der Waals surface area contributed by atoms with Crippen LogP contribution in [0.15, 0.2) is 91.1 Å². The molecule has 0 saturated heterocycles. The molecule has 7 heteroatoms. The van der Waals surface area contributed by atoms with Gasteiger partial charge in [-0.05, 0) is 88.3 Å². The van der Waals surface area contributed by atoms with E-state index in [-0.39, 0.29) is 36.2 Å². The minimum Gasteiger partial charge on any atom is -0.507 e. The Kier molecular flexibility index (Phi) is 21.0. The summed E-state index contributed by atoms with van der Waals surface area (Å²) in [6, 6.07) is 4.27. The standard InChI is InChI=1S/C37H51NO6/c1-4-44-37(43)32-27-26-31(29-34(32)39)24-22-20-18-16-14-12-10-8-6-5-7-9-11-13-15-17-19-21-23-25-35(40)38-33(36(41)42)28-30(2)3/h6-9,12-15,18-21,26-27,29-30,33,39H,4-5,10-11,16-17,22-25,28H2,1-3H3,(H,38,40)(H,41,42)/b8-6-,9-7-,14-12-,15-13-,20-18-,21-19-. The first-order valence-corrected chi connectivity index (χ1v) is 15.7. The van der Waals surface area contributed by atoms with E-state index in [1.165, 1.54) is 0 Å². The molecule has 240 valence electrons. The van der Waals surface area contributed by atoms with Crippen LogP contribution in [-0.4, -0.2) is 40.7 Å². The third-order valence-corrected chi connectivity index (χ3v) is 6.40. The lowest BCUT2D eigenvalue weighted by Crippen LogP contribution is -2.41. The zero-order valence-electron chi connectivity index (χ0n) is 26.6. The molecule has 1 atom stereocenters. The number of aryl methyl sites for hydroxylation is 1. The molecule has 1 rings (SSSR count). The fourth-order valence-electron chi connectivity index (χ4n) is 4.13. The molecular weight excluding hydrogens is 554 g/mol. The highest BCUT2D eigenvalue weighted by molar-refractivity contribution is 5.92. The average molecular weight is 606 g/mol. The lowest BCUT2D eigenvalue weighted by molar-refractivity contribution is -0.142. The molecule has 1 aromatic rings. The maximum Gasteiger partial charge on any atom is 0.341 e. The number of esters is 1. The van der Waals surface area contributed by atoms with E-state index in [0.717, 1.165) is 50.5 Å². The van der Waals surface area contributed by atoms with Crippen LogP contribution in [0.2, 0.25) is 0 Å². The van der Waals surface area contributed by atoms with Gasteiger partial charge in [0.2, 0.25) is 5.91 Å². The molecule has 0 aliphatic rings. The van der Waals surface area contributed by atoms with Crippen LogP contribution in [0.1, 0.15) is 94.5 Å². The van der Waals surface area contributed by atoms with Crippen LogP contribution in [0, 0.1) is 5.92 Å². The Bertz CT molecular complexity index is 1170. The minimum absolute atomic E-state index is 0.0391. The first-order chi connectivity index (χ1) is 21.2. The van der Waals surface area contributed by atoms with Gasteiger partial charge in [-0.2, -0.15) is 0 Å². The number of hydrogen-bond donors (Lipinski definition) is 3. The van der Waals surface area contributed by atoms with E-state index in [9.17, 15) is 24.6 Å². The van der Waals surface area contributed by atoms with Gasteiger partial charge in [-0.25, -0.2) is 9.59 Å². The number of carbonyl (C=O) groups excluding carboxylic acids is 2. The predicted molar refractivity (Wildman–Crippen MR) is 179 cm³/mol. The number of nitrogens with one attached hydrogen (secondary N) is 1. The molecule has 0 heterocycles. The van der Waals surface area contributed by atoms with Crippen LogP contribution >= 0.6 is 0 Å². The Labute approximate surface area is 263 Å². The number of benzene rings is 1. The number of carboxylic acids is 1. The number of phenolic OH excluding ortho intramolecular Hbond substituents is 1. The van der Waals surface area contributed by atoms with Gasteiger partial charge < -0.3 is 20.3 Å². The number of carbonyl (C=O) groups is 3. The third-order valence-electron chi connectivity index (χ3n) is 6.40. The summed E-state index contributed by atoms with van der Waals surface area (Å²) in [6.07, 6.45) is 32.7. The Balaban J connectivity index is 2.08. The van der Waals surface area contributed by atoms with Crippen molar-refractivity contribution in [3.8, 4) is 5.75 Å². The summed E-state index contributed by atoms with van der Waals surface area (Å²) in [6.45, 7) is 5.88. The van der Waals surface area contributed by atoms with E-state index in [0.29, 0.717) is 12.8 Å². The quantitative estimate of drug-likeness (QED) is 0.0907. The molecule has 0 spiro atoms. The summed E-state index contributed by atoms with van der Waals surface area (Å²) in [4.78, 5) is 34.9. The summed E-state index contributed by atoms with van der Waals surface area (Å²) in [7, 11) is 0. The number of hydrogen-bond acceptors (Lipinski definition) is 5. The van der Waals surface area contributed by atoms with Crippen LogP contribution in [0.3, 0.4) is 0 Å². The lowest BCUT2D eigenvalue weighted by Gasteiger charge is -2.16. The molecular formula is C37H51NO6. The average Bonchev–Trinajstić information content (AvgIpc) is 2.97. The van der Waals surface area contributed by atoms with Crippen molar-refractivity contribution in [3.05, 3.63) is 102 Å². The van der Waals surface area contributed by atoms with Crippen molar-refractivity contribution in [2.24, 2.45) is 5.92 Å². The second-order valence-electron chi connectivity index (χ2n) is 10.7. The first kappa shape index (κ1) is 37.9. The summed E-state index contributed by atoms with van der Waals surface area (Å²) < 4.78 is 4.93. The highest BCUT2D eigenvalue weighted by atomic mass is 16.5. The maximum absolute atomic E-state index is 12.0. The number of amides is 1. The lowest BCUT2D eigenvalue weighted by atomic mass is 10.0. The number of carboxylic acid groups (broad SMARTS) is 1. The molecule has 0 radical (unpaired) electrons. The molecule has 0 aliphatic carbocycles. The van der Waals surface area contributed by atoms with E-state index in [1.54, 1.807) is 19.1 Å². The Hall–Kier alpha value is -4.13. The van der Waals surface area contributed by atoms with Gasteiger partial charge in [-0.15, -0.1) is 0 Å². The van der Waals surface area contributed by atoms with Gasteiger partial charge in [0, 0.05) is 6.42 Å². The third kappa shape index (κ3) is 19.1. The van der Waals surface area contributed by atoms with Crippen molar-refractivity contribution in [3.63, 3.8) is 0 Å². The van der Waals surface area contributed by atoms with Crippen molar-refractivity contribution in [2.45, 2.75) is 91.0 Å². The Morgan fingerprint density at radius 1 is 0.795 bits per heavy atom. The molecule has 1 amide bonds. The van der Waals surface area contributed by atoms with Crippen molar-refractivity contribution in [2.75, 3.05) is 6.61 Å². The van der Waals surface area contributed by atoms with Gasteiger partial charge in [0.15, 0.2) is 0 Å². The fraction of sp³-hybridized carbons (Fsp3) is 0.432. The van der Waals surface area contributed by atoms with Crippen LogP contribution < -0.4 is 5.32 Å². The van der Waals surface area contributed by atoms with E-state index < -0.39 is 18.0 Å². The van der Waals surface area contributed by atoms with Crippen molar-refractivity contribution >= 4 is 17.8 Å². The number of rotatable bonds is 22. The molecule has 3 N–H and O–H groups in total. The monoisotopic (exact) mass is 605 g/mol. The van der Waals surface area contributed by atoms with Crippen molar-refractivity contribution in [1.82, 2.24) is 5.32 Å². The van der Waals surface area contributed by atoms with Crippen molar-refractivity contribution < 1.29 is 29.3 Å². The van der Waals surface area contributed by atoms with E-state index in [4.69, 9.17) is 4.74 Å². The van der Waals surface area contributed by atoms with E-state index in [2.05, 4.69) is 66.1 Å². The SMILES string of the molecule is CCOC(=O)c1ccc(CC/C=C\C/C=C\C/C=C\C/C=C\C/C=C\C/C=C\CCC(=O)NC(CC(C)C)C(=O)O)cc1O. The van der Waals surface area contributed by atoms with Gasteiger partial charge in [-0.3, -0.25) is 4.79 Å². The van der Waals surface area contributed by atoms with Crippen LogP contribution in [0.4, 0.5) is 0 Å². The van der Waals surface area contributed by atoms with Crippen LogP contribution in [0.25, 0.3) is 0 Å². The van der Waals surface area contributed by atoms with Gasteiger partial charge in [0.25, 0.3) is 0 Å². The molecule has 0 aromatic heterocycles. The highest BCUT2D eigenvalue weighted by Crippen LogP contribution is 2.21.